The number of piperazine rings is 1. The van der Waals surface area contributed by atoms with E-state index in [2.05, 4.69) is 37.9 Å². The highest BCUT2D eigenvalue weighted by Gasteiger charge is 2.53. The highest BCUT2D eigenvalue weighted by Crippen LogP contribution is 2.34. The number of hydrogen-bond donors (Lipinski definition) is 1. The quantitative estimate of drug-likeness (QED) is 0.723. The molecule has 1 aromatic heterocycles. The number of carbonyl (C=O) groups is 2. The number of aryl methyl sites for hydroxylation is 1. The summed E-state index contributed by atoms with van der Waals surface area (Å²) >= 11 is 0. The van der Waals surface area contributed by atoms with Crippen molar-refractivity contribution >= 4 is 11.8 Å². The first-order valence-electron chi connectivity index (χ1n) is 11.3. The summed E-state index contributed by atoms with van der Waals surface area (Å²) in [6, 6.07) is 3.71. The van der Waals surface area contributed by atoms with Crippen LogP contribution in [0.1, 0.15) is 71.3 Å². The second-order valence-corrected chi connectivity index (χ2v) is 9.03. The number of unbranched alkanes of at least 4 members (excludes halogenated alkanes) is 1. The summed E-state index contributed by atoms with van der Waals surface area (Å²) < 4.78 is 5.85. The first kappa shape index (κ1) is 21.9. The monoisotopic (exact) mass is 403 g/mol. The van der Waals surface area contributed by atoms with Gasteiger partial charge in [0.15, 0.2) is 0 Å². The molecule has 0 saturated carbocycles. The third kappa shape index (κ3) is 4.68. The van der Waals surface area contributed by atoms with Crippen molar-refractivity contribution in [2.75, 3.05) is 19.6 Å². The van der Waals surface area contributed by atoms with Gasteiger partial charge in [0, 0.05) is 26.1 Å². The Kier molecular flexibility index (Phi) is 7.04. The van der Waals surface area contributed by atoms with Crippen LogP contribution >= 0.6 is 0 Å². The van der Waals surface area contributed by atoms with E-state index in [9.17, 15) is 9.59 Å². The molecule has 1 unspecified atom stereocenters. The lowest BCUT2D eigenvalue weighted by Gasteiger charge is -2.51. The van der Waals surface area contributed by atoms with Crippen LogP contribution in [0.4, 0.5) is 0 Å². The van der Waals surface area contributed by atoms with Crippen LogP contribution in [0, 0.1) is 5.92 Å². The fraction of sp³-hybridized carbons (Fsp3) is 0.739. The standard InChI is InChI=1S/C23H37N3O3/c1-5-7-12-26-21(27)20(15-17(3)4)24-22(28)23(26)10-13-25(14-11-23)16-19-9-8-18(6-2)29-19/h8-9,17,20H,5-7,10-16H2,1-4H3,(H,24,28). The maximum atomic E-state index is 13.3. The van der Waals surface area contributed by atoms with Gasteiger partial charge in [0.1, 0.15) is 23.1 Å². The number of piperidine rings is 1. The third-order valence-electron chi connectivity index (χ3n) is 6.38. The molecule has 1 atom stereocenters. The molecule has 0 bridgehead atoms. The number of likely N-dealkylation sites (tertiary alicyclic amines) is 1. The summed E-state index contributed by atoms with van der Waals surface area (Å²) in [5.74, 6) is 2.51. The molecule has 1 spiro atoms. The molecule has 6 nitrogen and oxygen atoms in total. The van der Waals surface area contributed by atoms with Crippen molar-refractivity contribution < 1.29 is 14.0 Å². The second-order valence-electron chi connectivity index (χ2n) is 9.03. The number of nitrogens with zero attached hydrogens (tertiary/aromatic N) is 2. The smallest absolute Gasteiger partial charge is 0.246 e. The Morgan fingerprint density at radius 3 is 2.45 bits per heavy atom. The van der Waals surface area contributed by atoms with E-state index in [1.54, 1.807) is 0 Å². The van der Waals surface area contributed by atoms with E-state index in [0.717, 1.165) is 50.4 Å². The lowest BCUT2D eigenvalue weighted by Crippen LogP contribution is -2.73. The normalized spacial score (nSPS) is 22.5. The van der Waals surface area contributed by atoms with E-state index in [1.807, 2.05) is 17.0 Å². The highest BCUT2D eigenvalue weighted by atomic mass is 16.3. The van der Waals surface area contributed by atoms with Crippen molar-refractivity contribution in [3.05, 3.63) is 23.7 Å². The van der Waals surface area contributed by atoms with Gasteiger partial charge >= 0.3 is 0 Å². The Morgan fingerprint density at radius 2 is 1.86 bits per heavy atom. The average molecular weight is 404 g/mol. The van der Waals surface area contributed by atoms with Gasteiger partial charge in [-0.25, -0.2) is 0 Å². The summed E-state index contributed by atoms with van der Waals surface area (Å²) in [6.07, 6.45) is 4.92. The van der Waals surface area contributed by atoms with E-state index in [-0.39, 0.29) is 17.9 Å². The Bertz CT molecular complexity index is 704. The molecule has 2 fully saturated rings. The van der Waals surface area contributed by atoms with Crippen molar-refractivity contribution in [1.29, 1.82) is 0 Å². The van der Waals surface area contributed by atoms with Crippen LogP contribution in [0.2, 0.25) is 0 Å². The number of amides is 2. The van der Waals surface area contributed by atoms with Gasteiger partial charge in [-0.2, -0.15) is 0 Å². The topological polar surface area (TPSA) is 65.8 Å². The van der Waals surface area contributed by atoms with Gasteiger partial charge in [0.25, 0.3) is 0 Å². The van der Waals surface area contributed by atoms with E-state index in [0.29, 0.717) is 31.7 Å². The van der Waals surface area contributed by atoms with Crippen molar-refractivity contribution in [1.82, 2.24) is 15.1 Å². The van der Waals surface area contributed by atoms with E-state index < -0.39 is 5.54 Å². The second kappa shape index (κ2) is 9.33. The summed E-state index contributed by atoms with van der Waals surface area (Å²) in [5, 5.41) is 3.07. The molecule has 29 heavy (non-hydrogen) atoms. The van der Waals surface area contributed by atoms with Crippen LogP contribution in [0.3, 0.4) is 0 Å². The zero-order chi connectivity index (χ0) is 21.0. The fourth-order valence-corrected chi connectivity index (χ4v) is 4.64. The van der Waals surface area contributed by atoms with Crippen molar-refractivity contribution in [3.8, 4) is 0 Å². The fourth-order valence-electron chi connectivity index (χ4n) is 4.64. The number of nitrogens with one attached hydrogen (secondary N) is 1. The molecule has 3 heterocycles. The molecule has 6 heteroatoms. The third-order valence-corrected chi connectivity index (χ3v) is 6.38. The van der Waals surface area contributed by atoms with E-state index in [1.165, 1.54) is 0 Å². The minimum Gasteiger partial charge on any atom is -0.465 e. The van der Waals surface area contributed by atoms with Gasteiger partial charge in [-0.05, 0) is 43.7 Å². The molecule has 0 radical (unpaired) electrons. The molecule has 1 N–H and O–H groups in total. The zero-order valence-electron chi connectivity index (χ0n) is 18.5. The molecule has 0 aromatic carbocycles. The maximum Gasteiger partial charge on any atom is 0.246 e. The Balaban J connectivity index is 1.71. The largest absolute Gasteiger partial charge is 0.465 e. The zero-order valence-corrected chi connectivity index (χ0v) is 18.5. The summed E-state index contributed by atoms with van der Waals surface area (Å²) in [6.45, 7) is 11.4. The van der Waals surface area contributed by atoms with Gasteiger partial charge in [0.05, 0.1) is 6.54 Å². The van der Waals surface area contributed by atoms with Crippen molar-refractivity contribution in [2.24, 2.45) is 5.92 Å². The molecule has 2 aliphatic heterocycles. The maximum absolute atomic E-state index is 13.3. The van der Waals surface area contributed by atoms with Crippen LogP contribution in [-0.4, -0.2) is 52.8 Å². The highest BCUT2D eigenvalue weighted by molar-refractivity contribution is 6.00. The molecule has 3 rings (SSSR count). The van der Waals surface area contributed by atoms with E-state index >= 15 is 0 Å². The molecule has 0 aliphatic carbocycles. The number of carbonyl (C=O) groups excluding carboxylic acids is 2. The predicted molar refractivity (Wildman–Crippen MR) is 113 cm³/mol. The first-order chi connectivity index (χ1) is 13.9. The van der Waals surface area contributed by atoms with Crippen LogP contribution in [0.25, 0.3) is 0 Å². The van der Waals surface area contributed by atoms with Crippen molar-refractivity contribution in [3.63, 3.8) is 0 Å². The van der Waals surface area contributed by atoms with Gasteiger partial charge in [-0.15, -0.1) is 0 Å². The van der Waals surface area contributed by atoms with Gasteiger partial charge in [0.2, 0.25) is 11.8 Å². The van der Waals surface area contributed by atoms with Crippen LogP contribution in [0.15, 0.2) is 16.5 Å². The molecule has 2 saturated heterocycles. The summed E-state index contributed by atoms with van der Waals surface area (Å²) in [4.78, 5) is 30.8. The SMILES string of the molecule is CCCCN1C(=O)C(CC(C)C)NC(=O)C12CCN(Cc1ccc(CC)o1)CC2. The number of hydrogen-bond acceptors (Lipinski definition) is 4. The number of furan rings is 1. The van der Waals surface area contributed by atoms with Gasteiger partial charge in [-0.3, -0.25) is 14.5 Å². The van der Waals surface area contributed by atoms with Gasteiger partial charge in [-0.1, -0.05) is 34.1 Å². The number of rotatable bonds is 8. The summed E-state index contributed by atoms with van der Waals surface area (Å²) in [7, 11) is 0. The molecular weight excluding hydrogens is 366 g/mol. The molecule has 2 amide bonds. The minimum absolute atomic E-state index is 0.0461. The van der Waals surface area contributed by atoms with Crippen LogP contribution in [-0.2, 0) is 22.6 Å². The first-order valence-corrected chi connectivity index (χ1v) is 11.3. The minimum atomic E-state index is -0.687. The molecule has 1 aromatic rings. The predicted octanol–water partition coefficient (Wildman–Crippen LogP) is 3.35. The Labute approximate surface area is 175 Å². The van der Waals surface area contributed by atoms with Crippen LogP contribution < -0.4 is 5.32 Å². The Morgan fingerprint density at radius 1 is 1.17 bits per heavy atom. The van der Waals surface area contributed by atoms with Crippen LogP contribution in [0.5, 0.6) is 0 Å². The summed E-state index contributed by atoms with van der Waals surface area (Å²) in [5.41, 5.74) is -0.687. The Hall–Kier alpha value is -1.82. The lowest BCUT2D eigenvalue weighted by atomic mass is 9.80. The molecular formula is C23H37N3O3. The average Bonchev–Trinajstić information content (AvgIpc) is 3.15. The van der Waals surface area contributed by atoms with E-state index in [4.69, 9.17) is 4.42 Å². The van der Waals surface area contributed by atoms with Gasteiger partial charge < -0.3 is 14.6 Å². The van der Waals surface area contributed by atoms with Crippen molar-refractivity contribution in [2.45, 2.75) is 84.3 Å². The molecule has 162 valence electrons. The lowest BCUT2D eigenvalue weighted by molar-refractivity contribution is -0.161. The molecule has 2 aliphatic rings.